The minimum Gasteiger partial charge on any atom is -0.310 e. The van der Waals surface area contributed by atoms with Crippen LogP contribution in [0.2, 0.25) is 0 Å². The van der Waals surface area contributed by atoms with Crippen molar-refractivity contribution in [2.45, 2.75) is 38.5 Å². The molecule has 0 atom stereocenters. The highest BCUT2D eigenvalue weighted by Crippen LogP contribution is 2.51. The van der Waals surface area contributed by atoms with E-state index in [1.165, 1.54) is 99.3 Å². The molecular weight excluding hydrogens is 797 g/mol. The van der Waals surface area contributed by atoms with Gasteiger partial charge in [0.25, 0.3) is 0 Å². The predicted molar refractivity (Wildman–Crippen MR) is 279 cm³/mol. The summed E-state index contributed by atoms with van der Waals surface area (Å²) < 4.78 is 2.40. The second kappa shape index (κ2) is 14.3. The van der Waals surface area contributed by atoms with E-state index >= 15 is 0 Å². The molecule has 0 saturated heterocycles. The average Bonchev–Trinajstić information content (AvgIpc) is 3.91. The Kier molecular flexibility index (Phi) is 8.33. The summed E-state index contributed by atoms with van der Waals surface area (Å²) in [5.74, 6) is 0. The van der Waals surface area contributed by atoms with E-state index in [2.05, 4.69) is 256 Å². The molecular formula is C64H48N2. The zero-order valence-corrected chi connectivity index (χ0v) is 37.7. The van der Waals surface area contributed by atoms with Gasteiger partial charge in [-0.1, -0.05) is 173 Å². The summed E-state index contributed by atoms with van der Waals surface area (Å²) >= 11 is 0. The van der Waals surface area contributed by atoms with Crippen molar-refractivity contribution in [2.24, 2.45) is 0 Å². The van der Waals surface area contributed by atoms with Gasteiger partial charge in [0.1, 0.15) is 0 Å². The average molecular weight is 845 g/mol. The lowest BCUT2D eigenvalue weighted by Crippen LogP contribution is -2.14. The van der Waals surface area contributed by atoms with Crippen LogP contribution >= 0.6 is 0 Å². The summed E-state index contributed by atoms with van der Waals surface area (Å²) in [7, 11) is 0. The quantitative estimate of drug-likeness (QED) is 0.162. The zero-order valence-electron chi connectivity index (χ0n) is 37.7. The molecule has 2 nitrogen and oxygen atoms in total. The van der Waals surface area contributed by atoms with Crippen LogP contribution in [0, 0.1) is 0 Å². The van der Waals surface area contributed by atoms with Crippen LogP contribution in [0.3, 0.4) is 0 Å². The van der Waals surface area contributed by atoms with Crippen LogP contribution in [-0.4, -0.2) is 4.57 Å². The smallest absolute Gasteiger partial charge is 0.0541 e. The fraction of sp³-hybridized carbons (Fsp3) is 0.0938. The van der Waals surface area contributed by atoms with Gasteiger partial charge in [-0.2, -0.15) is 0 Å². The van der Waals surface area contributed by atoms with Crippen LogP contribution in [0.4, 0.5) is 17.1 Å². The van der Waals surface area contributed by atoms with Gasteiger partial charge in [0.15, 0.2) is 0 Å². The van der Waals surface area contributed by atoms with E-state index in [9.17, 15) is 0 Å². The van der Waals surface area contributed by atoms with Gasteiger partial charge in [-0.05, 0) is 150 Å². The SMILES string of the molecule is CC1(C)c2ccccc2-c2cc(-c3ccc(N(c4ccc(-c5ccc6c(c5)-c5ccccc5C6(C)C)cc4)c4ccc5cc(-n6c7ccccc7c7ccccc76)ccc5c4)cc3)ccc21. The lowest BCUT2D eigenvalue weighted by Gasteiger charge is -2.26. The summed E-state index contributed by atoms with van der Waals surface area (Å²) in [5, 5.41) is 4.93. The van der Waals surface area contributed by atoms with E-state index < -0.39 is 0 Å². The van der Waals surface area contributed by atoms with Gasteiger partial charge in [0.2, 0.25) is 0 Å². The van der Waals surface area contributed by atoms with Crippen molar-refractivity contribution in [3.63, 3.8) is 0 Å². The number of rotatable bonds is 6. The molecule has 0 aliphatic heterocycles. The first-order valence-corrected chi connectivity index (χ1v) is 23.2. The molecule has 11 aromatic rings. The second-order valence-electron chi connectivity index (χ2n) is 19.4. The highest BCUT2D eigenvalue weighted by atomic mass is 15.1. The van der Waals surface area contributed by atoms with Crippen molar-refractivity contribution in [3.05, 3.63) is 241 Å². The summed E-state index contributed by atoms with van der Waals surface area (Å²) in [4.78, 5) is 2.40. The number of fused-ring (bicyclic) bond motifs is 10. The Balaban J connectivity index is 0.895. The van der Waals surface area contributed by atoms with Crippen molar-refractivity contribution >= 4 is 49.6 Å². The van der Waals surface area contributed by atoms with Crippen LogP contribution in [0.1, 0.15) is 49.9 Å². The molecule has 66 heavy (non-hydrogen) atoms. The summed E-state index contributed by atoms with van der Waals surface area (Å²) in [6, 6.07) is 81.3. The number of para-hydroxylation sites is 2. The maximum absolute atomic E-state index is 2.40. The van der Waals surface area contributed by atoms with Gasteiger partial charge in [0.05, 0.1) is 11.0 Å². The minimum atomic E-state index is -0.0142. The Morgan fingerprint density at radius 3 is 1.26 bits per heavy atom. The molecule has 1 heterocycles. The van der Waals surface area contributed by atoms with E-state index in [1.54, 1.807) is 0 Å². The van der Waals surface area contributed by atoms with Crippen LogP contribution in [0.15, 0.2) is 218 Å². The van der Waals surface area contributed by atoms with Gasteiger partial charge in [-0.15, -0.1) is 0 Å². The van der Waals surface area contributed by atoms with Gasteiger partial charge < -0.3 is 9.47 Å². The Morgan fingerprint density at radius 2 is 0.727 bits per heavy atom. The third kappa shape index (κ3) is 5.74. The predicted octanol–water partition coefficient (Wildman–Crippen LogP) is 17.4. The maximum Gasteiger partial charge on any atom is 0.0541 e. The third-order valence-electron chi connectivity index (χ3n) is 15.0. The molecule has 0 amide bonds. The monoisotopic (exact) mass is 844 g/mol. The molecule has 10 aromatic carbocycles. The fourth-order valence-electron chi connectivity index (χ4n) is 11.6. The van der Waals surface area contributed by atoms with Crippen LogP contribution in [-0.2, 0) is 10.8 Å². The number of aromatic nitrogens is 1. The van der Waals surface area contributed by atoms with Gasteiger partial charge >= 0.3 is 0 Å². The van der Waals surface area contributed by atoms with Crippen LogP contribution in [0.25, 0.3) is 82.8 Å². The van der Waals surface area contributed by atoms with Crippen molar-refractivity contribution in [1.29, 1.82) is 0 Å². The number of anilines is 3. The molecule has 13 rings (SSSR count). The number of hydrogen-bond donors (Lipinski definition) is 0. The highest BCUT2D eigenvalue weighted by molar-refractivity contribution is 6.09. The van der Waals surface area contributed by atoms with Gasteiger partial charge in [-0.3, -0.25) is 0 Å². The van der Waals surface area contributed by atoms with E-state index in [0.717, 1.165) is 22.7 Å². The van der Waals surface area contributed by atoms with Gasteiger partial charge in [-0.25, -0.2) is 0 Å². The molecule has 2 aliphatic carbocycles. The molecule has 0 radical (unpaired) electrons. The normalized spacial score (nSPS) is 14.0. The van der Waals surface area contributed by atoms with Crippen molar-refractivity contribution in [2.75, 3.05) is 4.90 Å². The largest absolute Gasteiger partial charge is 0.310 e. The number of benzene rings is 10. The van der Waals surface area contributed by atoms with E-state index in [-0.39, 0.29) is 10.8 Å². The molecule has 2 aliphatic rings. The fourth-order valence-corrected chi connectivity index (χ4v) is 11.6. The van der Waals surface area contributed by atoms with E-state index in [4.69, 9.17) is 0 Å². The van der Waals surface area contributed by atoms with Crippen LogP contribution in [0.5, 0.6) is 0 Å². The van der Waals surface area contributed by atoms with Crippen molar-refractivity contribution in [3.8, 4) is 50.2 Å². The first-order valence-electron chi connectivity index (χ1n) is 23.2. The molecule has 0 saturated carbocycles. The molecule has 1 aromatic heterocycles. The molecule has 0 spiro atoms. The second-order valence-corrected chi connectivity index (χ2v) is 19.4. The lowest BCUT2D eigenvalue weighted by atomic mass is 9.82. The summed E-state index contributed by atoms with van der Waals surface area (Å²) in [6.45, 7) is 9.37. The standard InChI is InChI=1S/C64H48N2/c1-63(2)57-17-9-5-13-51(57)55-39-45(27-35-59(55)63)41-21-29-47(30-22-41)65(48-31-23-42(24-32-48)46-28-36-60-56(40-46)52-14-6-10-18-58(52)64(60,3)4)49-33-25-44-38-50(34-26-43(44)37-49)66-61-19-11-7-15-53(61)54-16-8-12-20-62(54)66/h5-40H,1-4H3. The Bertz CT molecular complexity index is 3550. The Hall–Kier alpha value is -7.94. The van der Waals surface area contributed by atoms with Gasteiger partial charge in [0, 0.05) is 44.4 Å². The molecule has 0 N–H and O–H groups in total. The molecule has 314 valence electrons. The van der Waals surface area contributed by atoms with E-state index in [0.29, 0.717) is 0 Å². The minimum absolute atomic E-state index is 0.0142. The summed E-state index contributed by atoms with van der Waals surface area (Å²) in [5.41, 5.74) is 22.7. The molecule has 0 unspecified atom stereocenters. The van der Waals surface area contributed by atoms with Crippen molar-refractivity contribution in [1.82, 2.24) is 4.57 Å². The van der Waals surface area contributed by atoms with Crippen molar-refractivity contribution < 1.29 is 0 Å². The molecule has 2 heteroatoms. The number of hydrogen-bond acceptors (Lipinski definition) is 1. The topological polar surface area (TPSA) is 8.17 Å². The van der Waals surface area contributed by atoms with E-state index in [1.807, 2.05) is 0 Å². The third-order valence-corrected chi connectivity index (χ3v) is 15.0. The number of nitrogens with zero attached hydrogens (tertiary/aromatic N) is 2. The zero-order chi connectivity index (χ0) is 44.3. The first-order chi connectivity index (χ1) is 32.2. The molecule has 0 fully saturated rings. The lowest BCUT2D eigenvalue weighted by molar-refractivity contribution is 0.660. The Labute approximate surface area is 386 Å². The first kappa shape index (κ1) is 38.5. The Morgan fingerprint density at radius 1 is 0.318 bits per heavy atom. The highest BCUT2D eigenvalue weighted by Gasteiger charge is 2.36. The van der Waals surface area contributed by atoms with Crippen LogP contribution < -0.4 is 4.90 Å². The molecule has 0 bridgehead atoms. The maximum atomic E-state index is 2.40. The summed E-state index contributed by atoms with van der Waals surface area (Å²) in [6.07, 6.45) is 0.